The van der Waals surface area contributed by atoms with Gasteiger partial charge in [0.2, 0.25) is 0 Å². The molecule has 2 N–H and O–H groups in total. The summed E-state index contributed by atoms with van der Waals surface area (Å²) in [5.41, 5.74) is 5.65. The summed E-state index contributed by atoms with van der Waals surface area (Å²) in [7, 11) is 0. The summed E-state index contributed by atoms with van der Waals surface area (Å²) < 4.78 is 5.27. The molecular formula is C10H23NO. The molecule has 0 aliphatic carbocycles. The molecule has 0 aromatic heterocycles. The van der Waals surface area contributed by atoms with E-state index in [1.165, 1.54) is 6.42 Å². The first-order chi connectivity index (χ1) is 5.72. The van der Waals surface area contributed by atoms with Crippen molar-refractivity contribution >= 4 is 0 Å². The van der Waals surface area contributed by atoms with Gasteiger partial charge in [0.05, 0.1) is 0 Å². The second-order valence-corrected chi connectivity index (χ2v) is 3.58. The third-order valence-electron chi connectivity index (χ3n) is 2.31. The summed E-state index contributed by atoms with van der Waals surface area (Å²) in [5.74, 6) is 1.38. The first-order valence-corrected chi connectivity index (χ1v) is 5.00. The topological polar surface area (TPSA) is 35.2 Å². The van der Waals surface area contributed by atoms with Gasteiger partial charge in [0.15, 0.2) is 0 Å². The minimum atomic E-state index is 0.672. The normalized spacial score (nSPS) is 13.8. The molecular weight excluding hydrogens is 150 g/mol. The molecule has 2 nitrogen and oxygen atoms in total. The highest BCUT2D eigenvalue weighted by Gasteiger charge is 2.10. The van der Waals surface area contributed by atoms with Gasteiger partial charge in [-0.25, -0.2) is 0 Å². The third-order valence-corrected chi connectivity index (χ3v) is 2.31. The summed E-state index contributed by atoms with van der Waals surface area (Å²) in [6.07, 6.45) is 2.35. The van der Waals surface area contributed by atoms with Crippen LogP contribution in [-0.2, 0) is 4.74 Å². The Hall–Kier alpha value is -0.0800. The van der Waals surface area contributed by atoms with Crippen molar-refractivity contribution in [3.05, 3.63) is 0 Å². The minimum Gasteiger partial charge on any atom is -0.382 e. The SMILES string of the molecule is CCOCCCC(CN)C(C)C. The Balaban J connectivity index is 3.32. The van der Waals surface area contributed by atoms with Gasteiger partial charge in [-0.2, -0.15) is 0 Å². The number of hydrogen-bond donors (Lipinski definition) is 1. The zero-order valence-corrected chi connectivity index (χ0v) is 8.68. The van der Waals surface area contributed by atoms with Crippen molar-refractivity contribution in [3.8, 4) is 0 Å². The Morgan fingerprint density at radius 2 is 2.00 bits per heavy atom. The molecule has 0 spiro atoms. The second-order valence-electron chi connectivity index (χ2n) is 3.58. The lowest BCUT2D eigenvalue weighted by atomic mass is 9.91. The van der Waals surface area contributed by atoms with Crippen LogP contribution in [-0.4, -0.2) is 19.8 Å². The number of hydrogen-bond acceptors (Lipinski definition) is 2. The Morgan fingerprint density at radius 1 is 1.33 bits per heavy atom. The van der Waals surface area contributed by atoms with E-state index >= 15 is 0 Å². The van der Waals surface area contributed by atoms with Crippen LogP contribution in [0.15, 0.2) is 0 Å². The predicted octanol–water partition coefficient (Wildman–Crippen LogP) is 2.03. The molecule has 0 aromatic carbocycles. The average molecular weight is 173 g/mol. The van der Waals surface area contributed by atoms with Gasteiger partial charge in [0.25, 0.3) is 0 Å². The van der Waals surface area contributed by atoms with Crippen LogP contribution in [0, 0.1) is 11.8 Å². The van der Waals surface area contributed by atoms with Crippen molar-refractivity contribution in [2.75, 3.05) is 19.8 Å². The lowest BCUT2D eigenvalue weighted by Gasteiger charge is -2.18. The molecule has 0 heterocycles. The fraction of sp³-hybridized carbons (Fsp3) is 1.00. The zero-order valence-electron chi connectivity index (χ0n) is 8.68. The lowest BCUT2D eigenvalue weighted by Crippen LogP contribution is -2.20. The van der Waals surface area contributed by atoms with Crippen molar-refractivity contribution in [2.24, 2.45) is 17.6 Å². The first kappa shape index (κ1) is 11.9. The van der Waals surface area contributed by atoms with E-state index in [0.717, 1.165) is 26.2 Å². The maximum atomic E-state index is 5.65. The molecule has 74 valence electrons. The zero-order chi connectivity index (χ0) is 9.40. The smallest absolute Gasteiger partial charge is 0.0466 e. The van der Waals surface area contributed by atoms with Gasteiger partial charge < -0.3 is 10.5 Å². The average Bonchev–Trinajstić information content (AvgIpc) is 2.04. The van der Waals surface area contributed by atoms with Gasteiger partial charge >= 0.3 is 0 Å². The summed E-state index contributed by atoms with van der Waals surface area (Å²) in [6, 6.07) is 0. The summed E-state index contributed by atoms with van der Waals surface area (Å²) in [6.45, 7) is 9.03. The molecule has 1 atom stereocenters. The monoisotopic (exact) mass is 173 g/mol. The van der Waals surface area contributed by atoms with Crippen molar-refractivity contribution in [3.63, 3.8) is 0 Å². The van der Waals surface area contributed by atoms with E-state index in [2.05, 4.69) is 13.8 Å². The first-order valence-electron chi connectivity index (χ1n) is 5.00. The van der Waals surface area contributed by atoms with Crippen LogP contribution in [0.2, 0.25) is 0 Å². The van der Waals surface area contributed by atoms with E-state index in [0.29, 0.717) is 11.8 Å². The van der Waals surface area contributed by atoms with Crippen LogP contribution in [0.1, 0.15) is 33.6 Å². The molecule has 0 amide bonds. The van der Waals surface area contributed by atoms with Crippen LogP contribution < -0.4 is 5.73 Å². The van der Waals surface area contributed by atoms with E-state index in [1.807, 2.05) is 6.92 Å². The van der Waals surface area contributed by atoms with Gasteiger partial charge in [-0.1, -0.05) is 13.8 Å². The van der Waals surface area contributed by atoms with E-state index in [9.17, 15) is 0 Å². The summed E-state index contributed by atoms with van der Waals surface area (Å²) >= 11 is 0. The van der Waals surface area contributed by atoms with Crippen LogP contribution in [0.3, 0.4) is 0 Å². The fourth-order valence-electron chi connectivity index (χ4n) is 1.32. The molecule has 1 unspecified atom stereocenters. The molecule has 0 bridgehead atoms. The van der Waals surface area contributed by atoms with Gasteiger partial charge in [0, 0.05) is 13.2 Å². The van der Waals surface area contributed by atoms with Gasteiger partial charge in [0.1, 0.15) is 0 Å². The molecule has 0 saturated carbocycles. The quantitative estimate of drug-likeness (QED) is 0.598. The van der Waals surface area contributed by atoms with E-state index in [1.54, 1.807) is 0 Å². The Labute approximate surface area is 76.5 Å². The van der Waals surface area contributed by atoms with Crippen molar-refractivity contribution < 1.29 is 4.74 Å². The molecule has 2 heteroatoms. The van der Waals surface area contributed by atoms with E-state index < -0.39 is 0 Å². The standard InChI is InChI=1S/C10H23NO/c1-4-12-7-5-6-10(8-11)9(2)3/h9-10H,4-8,11H2,1-3H3. The minimum absolute atomic E-state index is 0.672. The Kier molecular flexibility index (Phi) is 7.51. The summed E-state index contributed by atoms with van der Waals surface area (Å²) in [5, 5.41) is 0. The molecule has 0 saturated heterocycles. The Morgan fingerprint density at radius 3 is 2.42 bits per heavy atom. The van der Waals surface area contributed by atoms with Crippen molar-refractivity contribution in [2.45, 2.75) is 33.6 Å². The molecule has 0 aliphatic rings. The fourth-order valence-corrected chi connectivity index (χ4v) is 1.32. The van der Waals surface area contributed by atoms with Crippen LogP contribution in [0.5, 0.6) is 0 Å². The highest BCUT2D eigenvalue weighted by atomic mass is 16.5. The van der Waals surface area contributed by atoms with Crippen molar-refractivity contribution in [1.82, 2.24) is 0 Å². The molecule has 0 radical (unpaired) electrons. The van der Waals surface area contributed by atoms with Crippen molar-refractivity contribution in [1.29, 1.82) is 0 Å². The van der Waals surface area contributed by atoms with Crippen LogP contribution >= 0.6 is 0 Å². The van der Waals surface area contributed by atoms with Gasteiger partial charge in [-0.3, -0.25) is 0 Å². The molecule has 0 fully saturated rings. The number of ether oxygens (including phenoxy) is 1. The highest BCUT2D eigenvalue weighted by Crippen LogP contribution is 2.15. The lowest BCUT2D eigenvalue weighted by molar-refractivity contribution is 0.137. The largest absolute Gasteiger partial charge is 0.382 e. The van der Waals surface area contributed by atoms with Gasteiger partial charge in [-0.15, -0.1) is 0 Å². The van der Waals surface area contributed by atoms with Crippen LogP contribution in [0.4, 0.5) is 0 Å². The molecule has 0 rings (SSSR count). The number of rotatable bonds is 7. The van der Waals surface area contributed by atoms with Gasteiger partial charge in [-0.05, 0) is 38.1 Å². The molecule has 0 aliphatic heterocycles. The highest BCUT2D eigenvalue weighted by molar-refractivity contribution is 4.63. The summed E-state index contributed by atoms with van der Waals surface area (Å²) in [4.78, 5) is 0. The maximum absolute atomic E-state index is 5.65. The number of nitrogens with two attached hydrogens (primary N) is 1. The van der Waals surface area contributed by atoms with E-state index in [-0.39, 0.29) is 0 Å². The molecule has 0 aromatic rings. The molecule has 12 heavy (non-hydrogen) atoms. The second kappa shape index (κ2) is 7.56. The predicted molar refractivity (Wildman–Crippen MR) is 53.1 cm³/mol. The Bertz CT molecular complexity index is 93.8. The van der Waals surface area contributed by atoms with Crippen LogP contribution in [0.25, 0.3) is 0 Å². The van der Waals surface area contributed by atoms with E-state index in [4.69, 9.17) is 10.5 Å². The maximum Gasteiger partial charge on any atom is 0.0466 e. The third kappa shape index (κ3) is 5.56.